The molecule has 0 saturated carbocycles. The standard InChI is InChI=1S/C16H17ClN2O2S/c17-14-10-22-16(19-14)13-4-2-1-3-12(13)15(20)18-9-11-5-7-21-8-6-11/h1-4,10-11H,5-9H2,(H,18,20). The molecule has 0 radical (unpaired) electrons. The Kier molecular flexibility index (Phi) is 5.08. The molecule has 1 aromatic heterocycles. The molecule has 22 heavy (non-hydrogen) atoms. The maximum Gasteiger partial charge on any atom is 0.252 e. The highest BCUT2D eigenvalue weighted by Crippen LogP contribution is 2.28. The van der Waals surface area contributed by atoms with Gasteiger partial charge in [-0.3, -0.25) is 4.79 Å². The predicted octanol–water partition coefficient (Wildman–Crippen LogP) is 3.62. The smallest absolute Gasteiger partial charge is 0.252 e. The first-order valence-electron chi connectivity index (χ1n) is 7.30. The Bertz CT molecular complexity index is 653. The molecular weight excluding hydrogens is 320 g/mol. The van der Waals surface area contributed by atoms with Crippen LogP contribution in [0.1, 0.15) is 23.2 Å². The van der Waals surface area contributed by atoms with Gasteiger partial charge in [0.2, 0.25) is 0 Å². The first kappa shape index (κ1) is 15.5. The van der Waals surface area contributed by atoms with Crippen LogP contribution in [0.3, 0.4) is 0 Å². The zero-order valence-corrected chi connectivity index (χ0v) is 13.6. The van der Waals surface area contributed by atoms with Gasteiger partial charge in [0.1, 0.15) is 10.2 Å². The predicted molar refractivity (Wildman–Crippen MR) is 88.4 cm³/mol. The molecule has 0 aliphatic carbocycles. The number of nitrogens with zero attached hydrogens (tertiary/aromatic N) is 1. The fourth-order valence-electron chi connectivity index (χ4n) is 2.53. The van der Waals surface area contributed by atoms with E-state index in [9.17, 15) is 4.79 Å². The molecule has 6 heteroatoms. The molecule has 1 saturated heterocycles. The molecule has 0 unspecified atom stereocenters. The summed E-state index contributed by atoms with van der Waals surface area (Å²) in [5.41, 5.74) is 1.46. The van der Waals surface area contributed by atoms with Crippen LogP contribution in [0, 0.1) is 5.92 Å². The highest BCUT2D eigenvalue weighted by molar-refractivity contribution is 7.13. The number of rotatable bonds is 4. The number of amides is 1. The summed E-state index contributed by atoms with van der Waals surface area (Å²) in [6, 6.07) is 7.49. The molecule has 1 aromatic carbocycles. The summed E-state index contributed by atoms with van der Waals surface area (Å²) in [5, 5.41) is 6.03. The van der Waals surface area contributed by atoms with E-state index in [4.69, 9.17) is 16.3 Å². The minimum absolute atomic E-state index is 0.0617. The molecule has 2 aromatic rings. The molecule has 1 N–H and O–H groups in total. The average molecular weight is 337 g/mol. The summed E-state index contributed by atoms with van der Waals surface area (Å²) >= 11 is 7.33. The van der Waals surface area contributed by atoms with E-state index in [0.29, 0.717) is 23.2 Å². The number of thiazole rings is 1. The summed E-state index contributed by atoms with van der Waals surface area (Å²) in [5.74, 6) is 0.438. The number of ether oxygens (including phenoxy) is 1. The second kappa shape index (κ2) is 7.22. The van der Waals surface area contributed by atoms with E-state index in [2.05, 4.69) is 10.3 Å². The number of benzene rings is 1. The highest BCUT2D eigenvalue weighted by Gasteiger charge is 2.18. The van der Waals surface area contributed by atoms with Crippen molar-refractivity contribution in [2.45, 2.75) is 12.8 Å². The van der Waals surface area contributed by atoms with Crippen LogP contribution in [0.15, 0.2) is 29.6 Å². The van der Waals surface area contributed by atoms with Crippen LogP contribution < -0.4 is 5.32 Å². The topological polar surface area (TPSA) is 51.2 Å². The van der Waals surface area contributed by atoms with Gasteiger partial charge in [0, 0.05) is 36.3 Å². The normalized spacial score (nSPS) is 15.7. The van der Waals surface area contributed by atoms with Crippen LogP contribution in [0.5, 0.6) is 0 Å². The molecule has 4 nitrogen and oxygen atoms in total. The first-order valence-corrected chi connectivity index (χ1v) is 8.56. The summed E-state index contributed by atoms with van der Waals surface area (Å²) in [6.45, 7) is 2.26. The van der Waals surface area contributed by atoms with Crippen LogP contribution in [0.4, 0.5) is 0 Å². The Balaban J connectivity index is 1.72. The molecule has 116 valence electrons. The zero-order chi connectivity index (χ0) is 15.4. The SMILES string of the molecule is O=C(NCC1CCOCC1)c1ccccc1-c1nc(Cl)cs1. The van der Waals surface area contributed by atoms with E-state index in [1.807, 2.05) is 24.3 Å². The van der Waals surface area contributed by atoms with Gasteiger partial charge in [0.25, 0.3) is 5.91 Å². The largest absolute Gasteiger partial charge is 0.381 e. The number of nitrogens with one attached hydrogen (secondary N) is 1. The van der Waals surface area contributed by atoms with Gasteiger partial charge in [-0.1, -0.05) is 29.8 Å². The minimum Gasteiger partial charge on any atom is -0.381 e. The number of hydrogen-bond acceptors (Lipinski definition) is 4. The second-order valence-electron chi connectivity index (χ2n) is 5.29. The van der Waals surface area contributed by atoms with Gasteiger partial charge in [0.05, 0.1) is 0 Å². The lowest BCUT2D eigenvalue weighted by atomic mass is 10.00. The van der Waals surface area contributed by atoms with Crippen LogP contribution >= 0.6 is 22.9 Å². The highest BCUT2D eigenvalue weighted by atomic mass is 35.5. The monoisotopic (exact) mass is 336 g/mol. The Hall–Kier alpha value is -1.43. The Morgan fingerprint density at radius 2 is 2.14 bits per heavy atom. The van der Waals surface area contributed by atoms with Crippen molar-refractivity contribution >= 4 is 28.8 Å². The summed E-state index contributed by atoms with van der Waals surface area (Å²) in [7, 11) is 0. The summed E-state index contributed by atoms with van der Waals surface area (Å²) in [4.78, 5) is 16.8. The van der Waals surface area contributed by atoms with Gasteiger partial charge in [-0.25, -0.2) is 4.98 Å². The lowest BCUT2D eigenvalue weighted by Crippen LogP contribution is -2.32. The van der Waals surface area contributed by atoms with Crippen molar-refractivity contribution in [3.63, 3.8) is 0 Å². The molecule has 1 aliphatic heterocycles. The molecule has 0 bridgehead atoms. The van der Waals surface area contributed by atoms with Crippen molar-refractivity contribution in [1.29, 1.82) is 0 Å². The van der Waals surface area contributed by atoms with Crippen molar-refractivity contribution < 1.29 is 9.53 Å². The average Bonchev–Trinajstić information content (AvgIpc) is 3.00. The van der Waals surface area contributed by atoms with Crippen molar-refractivity contribution in [3.8, 4) is 10.6 Å². The Morgan fingerprint density at radius 3 is 2.86 bits per heavy atom. The number of hydrogen-bond donors (Lipinski definition) is 1. The quantitative estimate of drug-likeness (QED) is 0.927. The van der Waals surface area contributed by atoms with E-state index in [1.165, 1.54) is 11.3 Å². The molecule has 0 spiro atoms. The zero-order valence-electron chi connectivity index (χ0n) is 12.0. The van der Waals surface area contributed by atoms with Crippen molar-refractivity contribution in [2.75, 3.05) is 19.8 Å². The van der Waals surface area contributed by atoms with Crippen molar-refractivity contribution in [2.24, 2.45) is 5.92 Å². The maximum atomic E-state index is 12.5. The van der Waals surface area contributed by atoms with Gasteiger partial charge in [-0.05, 0) is 24.8 Å². The second-order valence-corrected chi connectivity index (χ2v) is 6.53. The van der Waals surface area contributed by atoms with E-state index < -0.39 is 0 Å². The van der Waals surface area contributed by atoms with Gasteiger partial charge in [-0.15, -0.1) is 11.3 Å². The van der Waals surface area contributed by atoms with E-state index >= 15 is 0 Å². The third kappa shape index (κ3) is 3.66. The number of carbonyl (C=O) groups excluding carboxylic acids is 1. The summed E-state index contributed by atoms with van der Waals surface area (Å²) in [6.07, 6.45) is 2.01. The third-order valence-electron chi connectivity index (χ3n) is 3.77. The fraction of sp³-hybridized carbons (Fsp3) is 0.375. The van der Waals surface area contributed by atoms with Crippen LogP contribution in [-0.4, -0.2) is 30.6 Å². The lowest BCUT2D eigenvalue weighted by Gasteiger charge is -2.22. The minimum atomic E-state index is -0.0617. The lowest BCUT2D eigenvalue weighted by molar-refractivity contribution is 0.0643. The van der Waals surface area contributed by atoms with Gasteiger partial charge in [0.15, 0.2) is 0 Å². The molecule has 2 heterocycles. The molecule has 0 atom stereocenters. The van der Waals surface area contributed by atoms with E-state index in [0.717, 1.165) is 36.6 Å². The van der Waals surface area contributed by atoms with Gasteiger partial charge in [-0.2, -0.15) is 0 Å². The van der Waals surface area contributed by atoms with E-state index in [-0.39, 0.29) is 5.91 Å². The molecule has 1 fully saturated rings. The van der Waals surface area contributed by atoms with Gasteiger partial charge < -0.3 is 10.1 Å². The molecule has 3 rings (SSSR count). The summed E-state index contributed by atoms with van der Waals surface area (Å²) < 4.78 is 5.34. The van der Waals surface area contributed by atoms with Crippen molar-refractivity contribution in [1.82, 2.24) is 10.3 Å². The fourth-order valence-corrected chi connectivity index (χ4v) is 3.51. The molecule has 1 amide bonds. The van der Waals surface area contributed by atoms with Crippen LogP contribution in [-0.2, 0) is 4.74 Å². The molecule has 1 aliphatic rings. The number of aromatic nitrogens is 1. The number of carbonyl (C=O) groups is 1. The molecular formula is C16H17ClN2O2S. The van der Waals surface area contributed by atoms with Crippen molar-refractivity contribution in [3.05, 3.63) is 40.4 Å². The van der Waals surface area contributed by atoms with E-state index in [1.54, 1.807) is 5.38 Å². The Morgan fingerprint density at radius 1 is 1.36 bits per heavy atom. The number of halogens is 1. The van der Waals surface area contributed by atoms with Crippen LogP contribution in [0.2, 0.25) is 5.15 Å². The first-order chi connectivity index (χ1) is 10.7. The van der Waals surface area contributed by atoms with Gasteiger partial charge >= 0.3 is 0 Å². The maximum absolute atomic E-state index is 12.5. The third-order valence-corrected chi connectivity index (χ3v) is 4.97. The van der Waals surface area contributed by atoms with Crippen LogP contribution in [0.25, 0.3) is 10.6 Å². The Labute approximate surface area is 138 Å².